The van der Waals surface area contributed by atoms with E-state index in [2.05, 4.69) is 4.98 Å². The molecule has 0 saturated carbocycles. The highest BCUT2D eigenvalue weighted by Crippen LogP contribution is 2.17. The van der Waals surface area contributed by atoms with Gasteiger partial charge in [-0.15, -0.1) is 0 Å². The molecule has 1 aliphatic rings. The lowest BCUT2D eigenvalue weighted by Gasteiger charge is -2.35. The zero-order valence-electron chi connectivity index (χ0n) is 16.3. The predicted octanol–water partition coefficient (Wildman–Crippen LogP) is 2.83. The number of ether oxygens (including phenoxy) is 1. The average molecular weight is 395 g/mol. The van der Waals surface area contributed by atoms with E-state index < -0.39 is 5.56 Å². The Morgan fingerprint density at radius 1 is 1.17 bits per heavy atom. The van der Waals surface area contributed by atoms with Crippen LogP contribution in [0.2, 0.25) is 0 Å². The minimum absolute atomic E-state index is 0.0914. The zero-order chi connectivity index (χ0) is 20.5. The molecule has 6 nitrogen and oxygen atoms in total. The van der Waals surface area contributed by atoms with E-state index in [1.165, 1.54) is 16.7 Å². The van der Waals surface area contributed by atoms with Crippen LogP contribution in [0.3, 0.4) is 0 Å². The van der Waals surface area contributed by atoms with Gasteiger partial charge >= 0.3 is 0 Å². The van der Waals surface area contributed by atoms with Crippen LogP contribution in [-0.2, 0) is 11.3 Å². The number of halogens is 1. The van der Waals surface area contributed by atoms with E-state index in [-0.39, 0.29) is 36.0 Å². The second kappa shape index (κ2) is 7.75. The fourth-order valence-electron chi connectivity index (χ4n) is 3.79. The van der Waals surface area contributed by atoms with Gasteiger partial charge in [-0.05, 0) is 49.7 Å². The van der Waals surface area contributed by atoms with E-state index in [9.17, 15) is 14.0 Å². The first-order chi connectivity index (χ1) is 13.9. The Hall–Kier alpha value is -3.06. The fourth-order valence-corrected chi connectivity index (χ4v) is 3.79. The SMILES string of the molecule is C[C@@H]1CN(C(=O)c2cc3cccnc3n(Cc3ccc(F)cc3)c2=O)C[C@H](C)O1. The monoisotopic (exact) mass is 395 g/mol. The summed E-state index contributed by atoms with van der Waals surface area (Å²) in [6.45, 7) is 4.89. The van der Waals surface area contributed by atoms with Crippen molar-refractivity contribution in [1.29, 1.82) is 0 Å². The summed E-state index contributed by atoms with van der Waals surface area (Å²) in [4.78, 5) is 32.5. The first kappa shape index (κ1) is 19.3. The number of carbonyl (C=O) groups excluding carboxylic acids is 1. The smallest absolute Gasteiger partial charge is 0.265 e. The molecule has 0 radical (unpaired) electrons. The maximum absolute atomic E-state index is 13.3. The Kier molecular flexibility index (Phi) is 5.15. The van der Waals surface area contributed by atoms with Crippen molar-refractivity contribution in [2.24, 2.45) is 0 Å². The Morgan fingerprint density at radius 2 is 1.86 bits per heavy atom. The number of carbonyl (C=O) groups is 1. The van der Waals surface area contributed by atoms with E-state index in [0.29, 0.717) is 24.1 Å². The quantitative estimate of drug-likeness (QED) is 0.684. The lowest BCUT2D eigenvalue weighted by atomic mass is 10.1. The molecule has 1 saturated heterocycles. The Labute approximate surface area is 167 Å². The molecule has 3 aromatic rings. The minimum atomic E-state index is -0.405. The molecule has 1 aliphatic heterocycles. The number of benzene rings is 1. The molecule has 0 N–H and O–H groups in total. The van der Waals surface area contributed by atoms with Gasteiger partial charge in [0, 0.05) is 24.7 Å². The number of amides is 1. The molecule has 3 heterocycles. The normalized spacial score (nSPS) is 19.5. The summed E-state index contributed by atoms with van der Waals surface area (Å²) < 4.78 is 20.4. The van der Waals surface area contributed by atoms with Crippen LogP contribution in [0.1, 0.15) is 29.8 Å². The number of nitrogens with zero attached hydrogens (tertiary/aromatic N) is 3. The van der Waals surface area contributed by atoms with Gasteiger partial charge in [-0.1, -0.05) is 12.1 Å². The molecule has 0 spiro atoms. The van der Waals surface area contributed by atoms with Crippen molar-refractivity contribution in [2.45, 2.75) is 32.6 Å². The third kappa shape index (κ3) is 3.91. The van der Waals surface area contributed by atoms with Crippen molar-refractivity contribution in [3.05, 3.63) is 76.0 Å². The lowest BCUT2D eigenvalue weighted by Crippen LogP contribution is -2.49. The largest absolute Gasteiger partial charge is 0.372 e. The van der Waals surface area contributed by atoms with Gasteiger partial charge in [-0.2, -0.15) is 0 Å². The third-order valence-electron chi connectivity index (χ3n) is 5.04. The molecule has 0 unspecified atom stereocenters. The second-order valence-corrected chi connectivity index (χ2v) is 7.46. The molecule has 1 aromatic carbocycles. The van der Waals surface area contributed by atoms with Gasteiger partial charge in [-0.25, -0.2) is 9.37 Å². The van der Waals surface area contributed by atoms with Crippen LogP contribution in [0.25, 0.3) is 11.0 Å². The second-order valence-electron chi connectivity index (χ2n) is 7.46. The molecule has 2 aromatic heterocycles. The number of hydrogen-bond acceptors (Lipinski definition) is 4. The van der Waals surface area contributed by atoms with Gasteiger partial charge in [0.05, 0.1) is 18.8 Å². The number of hydrogen-bond donors (Lipinski definition) is 0. The van der Waals surface area contributed by atoms with E-state index in [0.717, 1.165) is 5.56 Å². The van der Waals surface area contributed by atoms with Gasteiger partial charge in [0.2, 0.25) is 0 Å². The summed E-state index contributed by atoms with van der Waals surface area (Å²) in [6, 6.07) is 11.1. The van der Waals surface area contributed by atoms with Crippen LogP contribution in [0.15, 0.2) is 53.5 Å². The van der Waals surface area contributed by atoms with Gasteiger partial charge < -0.3 is 9.64 Å². The average Bonchev–Trinajstić information content (AvgIpc) is 2.70. The van der Waals surface area contributed by atoms with E-state index in [1.54, 1.807) is 35.4 Å². The predicted molar refractivity (Wildman–Crippen MR) is 107 cm³/mol. The number of morpholine rings is 1. The maximum Gasteiger partial charge on any atom is 0.265 e. The van der Waals surface area contributed by atoms with E-state index >= 15 is 0 Å². The van der Waals surface area contributed by atoms with Crippen LogP contribution < -0.4 is 5.56 Å². The van der Waals surface area contributed by atoms with Crippen LogP contribution in [0.4, 0.5) is 4.39 Å². The highest BCUT2D eigenvalue weighted by molar-refractivity contribution is 5.97. The van der Waals surface area contributed by atoms with Crippen molar-refractivity contribution in [1.82, 2.24) is 14.5 Å². The van der Waals surface area contributed by atoms with Crippen molar-refractivity contribution in [3.8, 4) is 0 Å². The van der Waals surface area contributed by atoms with Crippen LogP contribution >= 0.6 is 0 Å². The molecule has 4 rings (SSSR count). The van der Waals surface area contributed by atoms with Crippen LogP contribution in [-0.4, -0.2) is 45.7 Å². The first-order valence-corrected chi connectivity index (χ1v) is 9.60. The van der Waals surface area contributed by atoms with Crippen molar-refractivity contribution < 1.29 is 13.9 Å². The standard InChI is InChI=1S/C22H22FN3O3/c1-14-11-25(12-15(2)29-14)21(27)19-10-17-4-3-9-24-20(17)26(22(19)28)13-16-5-7-18(23)8-6-16/h3-10,14-15H,11-13H2,1-2H3/t14-,15+. The lowest BCUT2D eigenvalue weighted by molar-refractivity contribution is -0.0586. The van der Waals surface area contributed by atoms with Crippen LogP contribution in [0.5, 0.6) is 0 Å². The molecular formula is C22H22FN3O3. The van der Waals surface area contributed by atoms with E-state index in [4.69, 9.17) is 4.74 Å². The summed E-state index contributed by atoms with van der Waals surface area (Å²) in [5, 5.41) is 0.701. The molecular weight excluding hydrogens is 373 g/mol. The number of fused-ring (bicyclic) bond motifs is 1. The fraction of sp³-hybridized carbons (Fsp3) is 0.318. The van der Waals surface area contributed by atoms with Crippen molar-refractivity contribution >= 4 is 16.9 Å². The molecule has 7 heteroatoms. The summed E-state index contributed by atoms with van der Waals surface area (Å²) in [5.74, 6) is -0.654. The van der Waals surface area contributed by atoms with E-state index in [1.807, 2.05) is 19.9 Å². The van der Waals surface area contributed by atoms with Crippen molar-refractivity contribution in [3.63, 3.8) is 0 Å². The van der Waals surface area contributed by atoms with Gasteiger partial charge in [0.1, 0.15) is 17.0 Å². The van der Waals surface area contributed by atoms with Gasteiger partial charge in [-0.3, -0.25) is 14.2 Å². The summed E-state index contributed by atoms with van der Waals surface area (Å²) in [5.41, 5.74) is 0.937. The minimum Gasteiger partial charge on any atom is -0.372 e. The Morgan fingerprint density at radius 3 is 2.55 bits per heavy atom. The first-order valence-electron chi connectivity index (χ1n) is 9.60. The van der Waals surface area contributed by atoms with Gasteiger partial charge in [0.15, 0.2) is 0 Å². The van der Waals surface area contributed by atoms with Crippen molar-refractivity contribution in [2.75, 3.05) is 13.1 Å². The third-order valence-corrected chi connectivity index (χ3v) is 5.04. The maximum atomic E-state index is 13.3. The zero-order valence-corrected chi connectivity index (χ0v) is 16.3. The molecule has 0 bridgehead atoms. The number of rotatable bonds is 3. The topological polar surface area (TPSA) is 64.4 Å². The molecule has 1 fully saturated rings. The molecule has 29 heavy (non-hydrogen) atoms. The summed E-state index contributed by atoms with van der Waals surface area (Å²) in [6.07, 6.45) is 1.42. The summed E-state index contributed by atoms with van der Waals surface area (Å²) in [7, 11) is 0. The van der Waals surface area contributed by atoms with Gasteiger partial charge in [0.25, 0.3) is 11.5 Å². The summed E-state index contributed by atoms with van der Waals surface area (Å²) >= 11 is 0. The Bertz CT molecular complexity index is 1100. The Balaban J connectivity index is 1.79. The highest BCUT2D eigenvalue weighted by atomic mass is 19.1. The van der Waals surface area contributed by atoms with Crippen LogP contribution in [0, 0.1) is 5.82 Å². The molecule has 1 amide bonds. The number of aromatic nitrogens is 2. The molecule has 2 atom stereocenters. The number of pyridine rings is 2. The molecule has 0 aliphatic carbocycles. The molecule has 150 valence electrons. The highest BCUT2D eigenvalue weighted by Gasteiger charge is 2.29.